The van der Waals surface area contributed by atoms with Gasteiger partial charge in [0.05, 0.1) is 20.3 Å². The molecule has 0 radical (unpaired) electrons. The number of aryl methyl sites for hydroxylation is 2. The number of amides is 2. The molecular formula is C32H34Br2N4O10. The van der Waals surface area contributed by atoms with E-state index in [1.807, 2.05) is 13.8 Å². The van der Waals surface area contributed by atoms with Crippen LogP contribution >= 0.6 is 31.9 Å². The Morgan fingerprint density at radius 3 is 1.31 bits per heavy atom. The predicted molar refractivity (Wildman–Crippen MR) is 178 cm³/mol. The van der Waals surface area contributed by atoms with Gasteiger partial charge in [-0.25, -0.2) is 9.59 Å². The van der Waals surface area contributed by atoms with Crippen LogP contribution in [0, 0.1) is 13.8 Å². The maximum Gasteiger partial charge on any atom is 0.328 e. The first kappa shape index (κ1) is 37.8. The van der Waals surface area contributed by atoms with Gasteiger partial charge in [0.15, 0.2) is 11.5 Å². The van der Waals surface area contributed by atoms with Crippen molar-refractivity contribution >= 4 is 55.6 Å². The second-order valence-electron chi connectivity index (χ2n) is 11.5. The molecule has 4 rings (SSSR count). The number of benzene rings is 2. The van der Waals surface area contributed by atoms with Crippen LogP contribution in [0.2, 0.25) is 0 Å². The van der Waals surface area contributed by atoms with E-state index < -0.39 is 34.8 Å². The SMILES string of the molecule is Cc1cc(COc2ccc(C(=O)NC(C)(C)C(=O)O)cc2Br)on1.Cc1cc(COc2ccc(C(=O)NC(C)(C)C(=O)O)cc2Br)on1. The molecule has 2 aromatic heterocycles. The lowest BCUT2D eigenvalue weighted by molar-refractivity contribution is -0.143. The second kappa shape index (κ2) is 15.9. The summed E-state index contributed by atoms with van der Waals surface area (Å²) >= 11 is 6.67. The molecule has 0 unspecified atom stereocenters. The van der Waals surface area contributed by atoms with Gasteiger partial charge in [-0.15, -0.1) is 0 Å². The number of aliphatic carboxylic acids is 2. The zero-order valence-electron chi connectivity index (χ0n) is 26.8. The molecule has 48 heavy (non-hydrogen) atoms. The molecule has 0 saturated carbocycles. The zero-order valence-corrected chi connectivity index (χ0v) is 30.0. The standard InChI is InChI=1S/2C16H17BrN2O5/c2*1-9-6-11(24-19-9)8-23-13-5-4-10(7-12(13)17)14(20)18-16(2,3)15(21)22/h2*4-7H,8H2,1-3H3,(H,18,20)(H,21,22). The van der Waals surface area contributed by atoms with Gasteiger partial charge in [-0.1, -0.05) is 10.3 Å². The number of hydrogen-bond donors (Lipinski definition) is 4. The summed E-state index contributed by atoms with van der Waals surface area (Å²) in [6.07, 6.45) is 0. The van der Waals surface area contributed by atoms with Gasteiger partial charge in [0.1, 0.15) is 35.8 Å². The van der Waals surface area contributed by atoms with Crippen molar-refractivity contribution in [2.45, 2.75) is 65.8 Å². The third kappa shape index (κ3) is 10.7. The first-order chi connectivity index (χ1) is 22.4. The molecule has 0 spiro atoms. The van der Waals surface area contributed by atoms with E-state index in [-0.39, 0.29) is 13.2 Å². The average molecular weight is 794 g/mol. The number of carboxylic acids is 2. The van der Waals surface area contributed by atoms with Gasteiger partial charge in [-0.05, 0) is 110 Å². The Morgan fingerprint density at radius 2 is 1.04 bits per heavy atom. The molecule has 0 aliphatic carbocycles. The second-order valence-corrected chi connectivity index (χ2v) is 13.2. The van der Waals surface area contributed by atoms with Gasteiger partial charge in [0.25, 0.3) is 11.8 Å². The van der Waals surface area contributed by atoms with Crippen LogP contribution in [-0.2, 0) is 22.8 Å². The van der Waals surface area contributed by atoms with Crippen LogP contribution in [0.3, 0.4) is 0 Å². The Hall–Kier alpha value is -4.70. The molecule has 2 heterocycles. The van der Waals surface area contributed by atoms with E-state index in [4.69, 9.17) is 28.7 Å². The van der Waals surface area contributed by atoms with Crippen molar-refractivity contribution in [1.82, 2.24) is 20.9 Å². The van der Waals surface area contributed by atoms with Crippen LogP contribution in [0.15, 0.2) is 66.5 Å². The number of carbonyl (C=O) groups excluding carboxylic acids is 2. The Balaban J connectivity index is 0.000000260. The third-order valence-electron chi connectivity index (χ3n) is 6.40. The number of nitrogens with one attached hydrogen (secondary N) is 2. The van der Waals surface area contributed by atoms with E-state index in [9.17, 15) is 19.2 Å². The van der Waals surface area contributed by atoms with Crippen LogP contribution in [-0.4, -0.2) is 55.4 Å². The number of halogens is 2. The summed E-state index contributed by atoms with van der Waals surface area (Å²) in [4.78, 5) is 46.4. The summed E-state index contributed by atoms with van der Waals surface area (Å²) in [6, 6.07) is 13.0. The molecule has 0 fully saturated rings. The van der Waals surface area contributed by atoms with E-state index >= 15 is 0 Å². The van der Waals surface area contributed by atoms with Gasteiger partial charge in [0, 0.05) is 23.3 Å². The Morgan fingerprint density at radius 1 is 0.688 bits per heavy atom. The molecule has 0 saturated heterocycles. The Bertz CT molecular complexity index is 1670. The highest BCUT2D eigenvalue weighted by Crippen LogP contribution is 2.28. The van der Waals surface area contributed by atoms with Crippen LogP contribution in [0.4, 0.5) is 0 Å². The van der Waals surface area contributed by atoms with Crippen LogP contribution < -0.4 is 20.1 Å². The molecule has 0 bridgehead atoms. The van der Waals surface area contributed by atoms with Crippen LogP contribution in [0.25, 0.3) is 0 Å². The lowest BCUT2D eigenvalue weighted by Gasteiger charge is -2.21. The van der Waals surface area contributed by atoms with Crippen molar-refractivity contribution in [3.8, 4) is 11.5 Å². The smallest absolute Gasteiger partial charge is 0.328 e. The summed E-state index contributed by atoms with van der Waals surface area (Å²) in [6.45, 7) is 9.70. The lowest BCUT2D eigenvalue weighted by atomic mass is 10.1. The minimum absolute atomic E-state index is 0.205. The van der Waals surface area contributed by atoms with Gasteiger partial charge >= 0.3 is 11.9 Å². The molecule has 16 heteroatoms. The molecule has 14 nitrogen and oxygen atoms in total. The third-order valence-corrected chi connectivity index (χ3v) is 7.64. The maximum atomic E-state index is 12.2. The number of aromatic nitrogens is 2. The van der Waals surface area contributed by atoms with Crippen molar-refractivity contribution in [2.75, 3.05) is 0 Å². The van der Waals surface area contributed by atoms with Crippen molar-refractivity contribution in [3.05, 3.63) is 91.5 Å². The van der Waals surface area contributed by atoms with E-state index in [2.05, 4.69) is 52.8 Å². The number of ether oxygens (including phenoxy) is 2. The lowest BCUT2D eigenvalue weighted by Crippen LogP contribution is -2.49. The van der Waals surface area contributed by atoms with Gasteiger partial charge in [-0.2, -0.15) is 0 Å². The predicted octanol–water partition coefficient (Wildman–Crippen LogP) is 5.84. The van der Waals surface area contributed by atoms with Crippen molar-refractivity contribution < 1.29 is 47.9 Å². The Labute approximate surface area is 292 Å². The summed E-state index contributed by atoms with van der Waals surface area (Å²) < 4.78 is 22.5. The summed E-state index contributed by atoms with van der Waals surface area (Å²) in [5, 5.41) is 30.6. The molecule has 256 valence electrons. The van der Waals surface area contributed by atoms with E-state index in [1.54, 1.807) is 48.5 Å². The molecule has 0 atom stereocenters. The minimum atomic E-state index is -1.36. The van der Waals surface area contributed by atoms with Crippen LogP contribution in [0.5, 0.6) is 11.5 Å². The number of rotatable bonds is 12. The molecule has 2 amide bonds. The minimum Gasteiger partial charge on any atom is -0.484 e. The first-order valence-electron chi connectivity index (χ1n) is 14.2. The van der Waals surface area contributed by atoms with E-state index in [1.165, 1.54) is 27.7 Å². The molecule has 4 N–H and O–H groups in total. The normalized spacial score (nSPS) is 11.2. The molecule has 0 aliphatic rings. The largest absolute Gasteiger partial charge is 0.484 e. The number of carbonyl (C=O) groups is 4. The van der Waals surface area contributed by atoms with Crippen molar-refractivity contribution in [2.24, 2.45) is 0 Å². The highest BCUT2D eigenvalue weighted by Gasteiger charge is 2.30. The fourth-order valence-corrected chi connectivity index (χ4v) is 4.59. The molecule has 0 aliphatic heterocycles. The topological polar surface area (TPSA) is 203 Å². The fraction of sp³-hybridized carbons (Fsp3) is 0.312. The average Bonchev–Trinajstić information content (AvgIpc) is 3.62. The quantitative estimate of drug-likeness (QED) is 0.134. The van der Waals surface area contributed by atoms with Gasteiger partial charge < -0.3 is 39.4 Å². The number of hydrogen-bond acceptors (Lipinski definition) is 10. The molecular weight excluding hydrogens is 760 g/mol. The monoisotopic (exact) mass is 792 g/mol. The number of nitrogens with zero attached hydrogens (tertiary/aromatic N) is 2. The summed E-state index contributed by atoms with van der Waals surface area (Å²) in [5.41, 5.74) is -0.550. The van der Waals surface area contributed by atoms with E-state index in [0.717, 1.165) is 11.4 Å². The first-order valence-corrected chi connectivity index (χ1v) is 15.8. The van der Waals surface area contributed by atoms with Crippen molar-refractivity contribution in [3.63, 3.8) is 0 Å². The van der Waals surface area contributed by atoms with E-state index in [0.29, 0.717) is 43.1 Å². The van der Waals surface area contributed by atoms with Gasteiger partial charge in [-0.3, -0.25) is 9.59 Å². The highest BCUT2D eigenvalue weighted by molar-refractivity contribution is 9.11. The van der Waals surface area contributed by atoms with Crippen LogP contribution in [0.1, 0.15) is 71.3 Å². The zero-order chi connectivity index (χ0) is 35.8. The fourth-order valence-electron chi connectivity index (χ4n) is 3.60. The number of carboxylic acid groups (broad SMARTS) is 2. The summed E-state index contributed by atoms with van der Waals surface area (Å²) in [7, 11) is 0. The maximum absolute atomic E-state index is 12.2. The molecule has 2 aromatic carbocycles. The Kier molecular flexibility index (Phi) is 12.5. The molecule has 4 aromatic rings. The highest BCUT2D eigenvalue weighted by atomic mass is 79.9. The van der Waals surface area contributed by atoms with Crippen molar-refractivity contribution in [1.29, 1.82) is 0 Å². The summed E-state index contributed by atoms with van der Waals surface area (Å²) in [5.74, 6) is -0.972. The van der Waals surface area contributed by atoms with Gasteiger partial charge in [0.2, 0.25) is 0 Å².